The van der Waals surface area contributed by atoms with Gasteiger partial charge < -0.3 is 19.9 Å². The smallest absolute Gasteiger partial charge is 0.407 e. The molecule has 0 aromatic heterocycles. The Bertz CT molecular complexity index is 969. The average Bonchev–Trinajstić information content (AvgIpc) is 3.05. The number of benzene rings is 3. The molecule has 0 bridgehead atoms. The Morgan fingerprint density at radius 2 is 1.64 bits per heavy atom. The number of amides is 1. The Hall–Kier alpha value is -3.47. The third-order valence-electron chi connectivity index (χ3n) is 5.02. The molecule has 0 saturated carbocycles. The molecular formula is C23H21NO4. The number of ether oxygens (including phenoxy) is 2. The van der Waals surface area contributed by atoms with E-state index in [2.05, 4.69) is 29.6 Å². The summed E-state index contributed by atoms with van der Waals surface area (Å²) in [4.78, 5) is 12.2. The van der Waals surface area contributed by atoms with Crippen molar-refractivity contribution < 1.29 is 19.4 Å². The van der Waals surface area contributed by atoms with Crippen LogP contribution in [0.25, 0.3) is 11.1 Å². The summed E-state index contributed by atoms with van der Waals surface area (Å²) < 4.78 is 10.6. The van der Waals surface area contributed by atoms with Crippen molar-refractivity contribution in [1.29, 1.82) is 0 Å². The highest BCUT2D eigenvalue weighted by Crippen LogP contribution is 2.44. The van der Waals surface area contributed by atoms with Gasteiger partial charge in [0.15, 0.2) is 11.5 Å². The minimum absolute atomic E-state index is 0.0342. The summed E-state index contributed by atoms with van der Waals surface area (Å²) in [5, 5.41) is 12.4. The number of carbonyl (C=O) groups is 1. The molecule has 28 heavy (non-hydrogen) atoms. The molecule has 5 nitrogen and oxygen atoms in total. The number of phenolic OH excluding ortho intramolecular Hbond substituents is 1. The third-order valence-corrected chi connectivity index (χ3v) is 5.02. The van der Waals surface area contributed by atoms with Crippen LogP contribution in [-0.4, -0.2) is 24.9 Å². The van der Waals surface area contributed by atoms with E-state index in [1.54, 1.807) is 12.1 Å². The number of fused-ring (bicyclic) bond motifs is 3. The number of phenols is 1. The topological polar surface area (TPSA) is 67.8 Å². The largest absolute Gasteiger partial charge is 0.504 e. The number of methoxy groups -OCH3 is 1. The summed E-state index contributed by atoms with van der Waals surface area (Å²) in [6.07, 6.45) is -0.478. The van der Waals surface area contributed by atoms with Crippen molar-refractivity contribution in [3.63, 3.8) is 0 Å². The molecule has 3 aromatic carbocycles. The Morgan fingerprint density at radius 3 is 2.29 bits per heavy atom. The maximum Gasteiger partial charge on any atom is 0.407 e. The predicted molar refractivity (Wildman–Crippen MR) is 107 cm³/mol. The van der Waals surface area contributed by atoms with E-state index in [-0.39, 0.29) is 24.8 Å². The van der Waals surface area contributed by atoms with E-state index in [1.807, 2.05) is 24.3 Å². The van der Waals surface area contributed by atoms with Crippen LogP contribution in [0.15, 0.2) is 66.7 Å². The van der Waals surface area contributed by atoms with Crippen LogP contribution in [0.5, 0.6) is 11.5 Å². The van der Waals surface area contributed by atoms with E-state index >= 15 is 0 Å². The van der Waals surface area contributed by atoms with Gasteiger partial charge in [-0.05, 0) is 39.9 Å². The molecule has 0 fully saturated rings. The van der Waals surface area contributed by atoms with Gasteiger partial charge in [0.1, 0.15) is 6.61 Å². The van der Waals surface area contributed by atoms with Gasteiger partial charge in [-0.2, -0.15) is 0 Å². The van der Waals surface area contributed by atoms with Crippen LogP contribution < -0.4 is 10.1 Å². The lowest BCUT2D eigenvalue weighted by Gasteiger charge is -2.15. The minimum Gasteiger partial charge on any atom is -0.504 e. The molecule has 142 valence electrons. The summed E-state index contributed by atoms with van der Waals surface area (Å²) in [5.74, 6) is 0.464. The maximum absolute atomic E-state index is 12.2. The van der Waals surface area contributed by atoms with Crippen molar-refractivity contribution in [3.8, 4) is 22.6 Å². The van der Waals surface area contributed by atoms with E-state index in [0.717, 1.165) is 5.56 Å². The van der Waals surface area contributed by atoms with Crippen LogP contribution in [-0.2, 0) is 11.3 Å². The molecular weight excluding hydrogens is 354 g/mol. The van der Waals surface area contributed by atoms with Crippen LogP contribution in [0.3, 0.4) is 0 Å². The number of hydrogen-bond acceptors (Lipinski definition) is 4. The van der Waals surface area contributed by atoms with Gasteiger partial charge in [0.05, 0.1) is 7.11 Å². The zero-order valence-corrected chi connectivity index (χ0v) is 15.5. The first-order valence-corrected chi connectivity index (χ1v) is 9.12. The summed E-state index contributed by atoms with van der Waals surface area (Å²) in [6.45, 7) is 0.562. The summed E-state index contributed by atoms with van der Waals surface area (Å²) in [6, 6.07) is 21.4. The van der Waals surface area contributed by atoms with Crippen molar-refractivity contribution in [2.24, 2.45) is 0 Å². The van der Waals surface area contributed by atoms with E-state index in [0.29, 0.717) is 5.75 Å². The number of carbonyl (C=O) groups excluding carboxylic acids is 1. The molecule has 1 amide bonds. The first kappa shape index (κ1) is 17.9. The van der Waals surface area contributed by atoms with Gasteiger partial charge in [0.25, 0.3) is 0 Å². The van der Waals surface area contributed by atoms with E-state index in [9.17, 15) is 9.90 Å². The average molecular weight is 375 g/mol. The van der Waals surface area contributed by atoms with Crippen LogP contribution >= 0.6 is 0 Å². The lowest BCUT2D eigenvalue weighted by Crippen LogP contribution is -2.25. The zero-order chi connectivity index (χ0) is 19.5. The van der Waals surface area contributed by atoms with Gasteiger partial charge in [-0.1, -0.05) is 54.6 Å². The fourth-order valence-corrected chi connectivity index (χ4v) is 3.66. The van der Waals surface area contributed by atoms with Gasteiger partial charge in [0, 0.05) is 12.5 Å². The molecule has 0 unspecified atom stereocenters. The third kappa shape index (κ3) is 3.39. The van der Waals surface area contributed by atoms with E-state index in [1.165, 1.54) is 35.4 Å². The van der Waals surface area contributed by atoms with Crippen LogP contribution in [0, 0.1) is 0 Å². The summed E-state index contributed by atoms with van der Waals surface area (Å²) in [5.41, 5.74) is 5.56. The van der Waals surface area contributed by atoms with Crippen LogP contribution in [0.1, 0.15) is 22.6 Å². The summed E-state index contributed by atoms with van der Waals surface area (Å²) >= 11 is 0. The van der Waals surface area contributed by atoms with Crippen molar-refractivity contribution in [2.45, 2.75) is 12.5 Å². The highest BCUT2D eigenvalue weighted by atomic mass is 16.5. The molecule has 0 spiro atoms. The number of alkyl carbamates (subject to hydrolysis) is 1. The maximum atomic E-state index is 12.2. The molecule has 0 aliphatic heterocycles. The Kier molecular flexibility index (Phi) is 4.89. The predicted octanol–water partition coefficient (Wildman–Crippen LogP) is 4.44. The normalized spacial score (nSPS) is 12.2. The molecule has 0 heterocycles. The highest BCUT2D eigenvalue weighted by molar-refractivity contribution is 5.79. The van der Waals surface area contributed by atoms with Crippen molar-refractivity contribution >= 4 is 6.09 Å². The van der Waals surface area contributed by atoms with Gasteiger partial charge in [-0.25, -0.2) is 4.79 Å². The van der Waals surface area contributed by atoms with Gasteiger partial charge >= 0.3 is 6.09 Å². The summed E-state index contributed by atoms with van der Waals surface area (Å²) in [7, 11) is 1.48. The quantitative estimate of drug-likeness (QED) is 0.692. The van der Waals surface area contributed by atoms with Crippen molar-refractivity contribution in [1.82, 2.24) is 5.32 Å². The molecule has 4 rings (SSSR count). The monoisotopic (exact) mass is 375 g/mol. The van der Waals surface area contributed by atoms with Gasteiger partial charge in [-0.15, -0.1) is 0 Å². The lowest BCUT2D eigenvalue weighted by molar-refractivity contribution is 0.142. The number of nitrogens with one attached hydrogen (secondary N) is 1. The molecule has 1 aliphatic rings. The van der Waals surface area contributed by atoms with E-state index in [4.69, 9.17) is 9.47 Å². The Labute approximate surface area is 163 Å². The second-order valence-electron chi connectivity index (χ2n) is 6.69. The van der Waals surface area contributed by atoms with Gasteiger partial charge in [0.2, 0.25) is 0 Å². The Balaban J connectivity index is 1.40. The second kappa shape index (κ2) is 7.64. The second-order valence-corrected chi connectivity index (χ2v) is 6.69. The molecule has 3 aromatic rings. The molecule has 2 N–H and O–H groups in total. The highest BCUT2D eigenvalue weighted by Gasteiger charge is 2.28. The number of aromatic hydroxyl groups is 1. The SMILES string of the molecule is COc1cc(CNC(=O)OCC2c3ccccc3-c3ccccc32)ccc1O. The van der Waals surface area contributed by atoms with Crippen molar-refractivity contribution in [3.05, 3.63) is 83.4 Å². The zero-order valence-electron chi connectivity index (χ0n) is 15.5. The first-order valence-electron chi connectivity index (χ1n) is 9.12. The fourth-order valence-electron chi connectivity index (χ4n) is 3.66. The molecule has 5 heteroatoms. The Morgan fingerprint density at radius 1 is 1.00 bits per heavy atom. The minimum atomic E-state index is -0.478. The molecule has 0 atom stereocenters. The number of hydrogen-bond donors (Lipinski definition) is 2. The first-order chi connectivity index (χ1) is 13.7. The molecule has 1 aliphatic carbocycles. The van der Waals surface area contributed by atoms with Gasteiger partial charge in [-0.3, -0.25) is 0 Å². The fraction of sp³-hybridized carbons (Fsp3) is 0.174. The van der Waals surface area contributed by atoms with E-state index < -0.39 is 6.09 Å². The standard InChI is InChI=1S/C23H21NO4/c1-27-22-12-15(10-11-21(22)25)13-24-23(26)28-14-20-18-8-4-2-6-16(18)17-7-3-5-9-19(17)20/h2-12,20,25H,13-14H2,1H3,(H,24,26). The van der Waals surface area contributed by atoms with Crippen LogP contribution in [0.2, 0.25) is 0 Å². The van der Waals surface area contributed by atoms with Crippen molar-refractivity contribution in [2.75, 3.05) is 13.7 Å². The molecule has 0 saturated heterocycles. The number of rotatable bonds is 5. The van der Waals surface area contributed by atoms with Crippen LogP contribution in [0.4, 0.5) is 4.79 Å². The molecule has 0 radical (unpaired) electrons. The lowest BCUT2D eigenvalue weighted by atomic mass is 9.98.